The van der Waals surface area contributed by atoms with Crippen molar-refractivity contribution in [2.75, 3.05) is 13.2 Å². The van der Waals surface area contributed by atoms with E-state index in [4.69, 9.17) is 17.0 Å². The number of nitrogens with zero attached hydrogens (tertiary/aromatic N) is 1. The van der Waals surface area contributed by atoms with Crippen LogP contribution in [0.25, 0.3) is 6.08 Å². The molecular weight excluding hydrogens is 294 g/mol. The van der Waals surface area contributed by atoms with Gasteiger partial charge in [0.1, 0.15) is 10.9 Å². The van der Waals surface area contributed by atoms with Gasteiger partial charge in [0.25, 0.3) is 5.91 Å². The molecule has 104 valence electrons. The van der Waals surface area contributed by atoms with Crippen LogP contribution in [0.2, 0.25) is 0 Å². The Labute approximate surface area is 126 Å². The zero-order valence-electron chi connectivity index (χ0n) is 10.9. The molecule has 0 atom stereocenters. The molecular formula is C14H13NO3S2. The van der Waals surface area contributed by atoms with Crippen LogP contribution < -0.4 is 0 Å². The first kappa shape index (κ1) is 14.7. The molecule has 4 nitrogen and oxygen atoms in total. The quantitative estimate of drug-likeness (QED) is 0.486. The molecule has 1 amide bonds. The van der Waals surface area contributed by atoms with Crippen molar-refractivity contribution in [3.05, 3.63) is 40.8 Å². The third-order valence-electron chi connectivity index (χ3n) is 2.56. The molecule has 1 fully saturated rings. The number of ether oxygens (including phenoxy) is 1. The third-order valence-corrected chi connectivity index (χ3v) is 3.94. The van der Waals surface area contributed by atoms with Gasteiger partial charge in [-0.1, -0.05) is 54.3 Å². The maximum absolute atomic E-state index is 12.2. The van der Waals surface area contributed by atoms with E-state index in [1.54, 1.807) is 13.0 Å². The highest BCUT2D eigenvalue weighted by Gasteiger charge is 2.33. The highest BCUT2D eigenvalue weighted by molar-refractivity contribution is 8.26. The Morgan fingerprint density at radius 2 is 2.10 bits per heavy atom. The molecule has 1 aromatic carbocycles. The molecule has 20 heavy (non-hydrogen) atoms. The monoisotopic (exact) mass is 307 g/mol. The Hall–Kier alpha value is -1.66. The molecule has 0 N–H and O–H groups in total. The number of carbonyl (C=O) groups excluding carboxylic acids is 2. The molecule has 0 saturated carbocycles. The number of thioether (sulfide) groups is 1. The number of carbonyl (C=O) groups is 2. The molecule has 1 saturated heterocycles. The standard InChI is InChI=1S/C14H13NO3S2/c1-2-18-12(16)9-15-13(17)11(20-14(15)19)8-10-6-4-3-5-7-10/h3-8H,2,9H2,1H3. The van der Waals surface area contributed by atoms with E-state index in [2.05, 4.69) is 0 Å². The average molecular weight is 307 g/mol. The van der Waals surface area contributed by atoms with Gasteiger partial charge in [0.2, 0.25) is 0 Å². The van der Waals surface area contributed by atoms with Crippen molar-refractivity contribution in [3.8, 4) is 0 Å². The zero-order valence-corrected chi connectivity index (χ0v) is 12.5. The molecule has 0 radical (unpaired) electrons. The van der Waals surface area contributed by atoms with Gasteiger partial charge in [-0.15, -0.1) is 0 Å². The van der Waals surface area contributed by atoms with Crippen molar-refractivity contribution in [3.63, 3.8) is 0 Å². The molecule has 1 aliphatic heterocycles. The van der Waals surface area contributed by atoms with Crippen molar-refractivity contribution in [1.82, 2.24) is 4.90 Å². The second-order valence-corrected chi connectivity index (χ2v) is 5.66. The fraction of sp³-hybridized carbons (Fsp3) is 0.214. The van der Waals surface area contributed by atoms with Crippen LogP contribution >= 0.6 is 24.0 Å². The van der Waals surface area contributed by atoms with Crippen LogP contribution in [0.3, 0.4) is 0 Å². The number of amides is 1. The summed E-state index contributed by atoms with van der Waals surface area (Å²) in [6, 6.07) is 9.50. The number of benzene rings is 1. The average Bonchev–Trinajstić information content (AvgIpc) is 2.68. The molecule has 0 aromatic heterocycles. The third kappa shape index (κ3) is 3.46. The van der Waals surface area contributed by atoms with Crippen molar-refractivity contribution in [2.24, 2.45) is 0 Å². The Balaban J connectivity index is 2.13. The molecule has 1 heterocycles. The van der Waals surface area contributed by atoms with Crippen molar-refractivity contribution in [2.45, 2.75) is 6.92 Å². The summed E-state index contributed by atoms with van der Waals surface area (Å²) < 4.78 is 5.21. The molecule has 6 heteroatoms. The molecule has 2 rings (SSSR count). The normalized spacial score (nSPS) is 16.9. The van der Waals surface area contributed by atoms with Gasteiger partial charge in [-0.25, -0.2) is 0 Å². The van der Waals surface area contributed by atoms with Crippen molar-refractivity contribution in [1.29, 1.82) is 0 Å². The van der Waals surface area contributed by atoms with Gasteiger partial charge in [0.15, 0.2) is 0 Å². The van der Waals surface area contributed by atoms with Gasteiger partial charge in [-0.05, 0) is 18.6 Å². The number of thiocarbonyl (C=S) groups is 1. The summed E-state index contributed by atoms with van der Waals surface area (Å²) in [6.07, 6.45) is 1.77. The second-order valence-electron chi connectivity index (χ2n) is 3.98. The summed E-state index contributed by atoms with van der Waals surface area (Å²) in [5.41, 5.74) is 0.920. The summed E-state index contributed by atoms with van der Waals surface area (Å²) in [4.78, 5) is 25.4. The van der Waals surface area contributed by atoms with E-state index >= 15 is 0 Å². The van der Waals surface area contributed by atoms with E-state index in [9.17, 15) is 9.59 Å². The fourth-order valence-electron chi connectivity index (χ4n) is 1.67. The van der Waals surface area contributed by atoms with Crippen molar-refractivity contribution >= 4 is 46.3 Å². The van der Waals surface area contributed by atoms with Gasteiger partial charge >= 0.3 is 5.97 Å². The maximum Gasteiger partial charge on any atom is 0.326 e. The Kier molecular flexibility index (Phi) is 4.92. The smallest absolute Gasteiger partial charge is 0.326 e. The zero-order chi connectivity index (χ0) is 14.5. The molecule has 1 aromatic rings. The Morgan fingerprint density at radius 3 is 2.75 bits per heavy atom. The van der Waals surface area contributed by atoms with Gasteiger partial charge in [-0.2, -0.15) is 0 Å². The minimum atomic E-state index is -0.454. The summed E-state index contributed by atoms with van der Waals surface area (Å²) in [5, 5.41) is 0. The van der Waals surface area contributed by atoms with E-state index in [0.29, 0.717) is 9.23 Å². The maximum atomic E-state index is 12.2. The molecule has 0 aliphatic carbocycles. The van der Waals surface area contributed by atoms with Crippen molar-refractivity contribution < 1.29 is 14.3 Å². The van der Waals surface area contributed by atoms with E-state index in [0.717, 1.165) is 5.56 Å². The fourth-order valence-corrected chi connectivity index (χ4v) is 2.93. The Morgan fingerprint density at radius 1 is 1.40 bits per heavy atom. The minimum Gasteiger partial charge on any atom is -0.465 e. The lowest BCUT2D eigenvalue weighted by molar-refractivity contribution is -0.145. The van der Waals surface area contributed by atoms with Crippen LogP contribution in [-0.4, -0.2) is 34.2 Å². The first-order chi connectivity index (χ1) is 9.61. The first-order valence-electron chi connectivity index (χ1n) is 6.08. The first-order valence-corrected chi connectivity index (χ1v) is 7.30. The minimum absolute atomic E-state index is 0.134. The van der Waals surface area contributed by atoms with Gasteiger partial charge in [0.05, 0.1) is 11.5 Å². The topological polar surface area (TPSA) is 46.6 Å². The highest BCUT2D eigenvalue weighted by atomic mass is 32.2. The van der Waals surface area contributed by atoms with Gasteiger partial charge in [0, 0.05) is 0 Å². The molecule has 0 bridgehead atoms. The van der Waals surface area contributed by atoms with E-state index in [-0.39, 0.29) is 19.1 Å². The summed E-state index contributed by atoms with van der Waals surface area (Å²) in [5.74, 6) is -0.707. The summed E-state index contributed by atoms with van der Waals surface area (Å²) in [6.45, 7) is 1.87. The number of rotatable bonds is 4. The second kappa shape index (κ2) is 6.67. The van der Waals surface area contributed by atoms with E-state index in [1.807, 2.05) is 30.3 Å². The summed E-state index contributed by atoms with van der Waals surface area (Å²) >= 11 is 6.33. The lowest BCUT2D eigenvalue weighted by atomic mass is 10.2. The predicted molar refractivity (Wildman–Crippen MR) is 83.0 cm³/mol. The van der Waals surface area contributed by atoms with E-state index < -0.39 is 5.97 Å². The SMILES string of the molecule is CCOC(=O)CN1C(=O)C(=Cc2ccccc2)SC1=S. The molecule has 0 unspecified atom stereocenters. The molecule has 1 aliphatic rings. The number of hydrogen-bond donors (Lipinski definition) is 0. The van der Waals surface area contributed by atoms with Crippen LogP contribution in [0.15, 0.2) is 35.2 Å². The predicted octanol–water partition coefficient (Wildman–Crippen LogP) is 2.45. The van der Waals surface area contributed by atoms with Crippen LogP contribution in [-0.2, 0) is 14.3 Å². The number of esters is 1. The van der Waals surface area contributed by atoms with Gasteiger partial charge < -0.3 is 4.74 Å². The van der Waals surface area contributed by atoms with Crippen LogP contribution in [0.4, 0.5) is 0 Å². The van der Waals surface area contributed by atoms with E-state index in [1.165, 1.54) is 16.7 Å². The van der Waals surface area contributed by atoms with Crippen LogP contribution in [0.5, 0.6) is 0 Å². The lowest BCUT2D eigenvalue weighted by Gasteiger charge is -2.12. The van der Waals surface area contributed by atoms with Crippen LogP contribution in [0, 0.1) is 0 Å². The number of hydrogen-bond acceptors (Lipinski definition) is 5. The van der Waals surface area contributed by atoms with Gasteiger partial charge in [-0.3, -0.25) is 14.5 Å². The lowest BCUT2D eigenvalue weighted by Crippen LogP contribution is -2.34. The van der Waals surface area contributed by atoms with Crippen LogP contribution in [0.1, 0.15) is 12.5 Å². The summed E-state index contributed by atoms with van der Waals surface area (Å²) in [7, 11) is 0. The molecule has 0 spiro atoms. The Bertz CT molecular complexity index is 569. The largest absolute Gasteiger partial charge is 0.465 e. The highest BCUT2D eigenvalue weighted by Crippen LogP contribution is 2.32.